The quantitative estimate of drug-likeness (QED) is 0.779. The Balaban J connectivity index is 2.68. The molecule has 2 heteroatoms. The Morgan fingerprint density at radius 1 is 1.27 bits per heavy atom. The molecule has 1 saturated carbocycles. The molecule has 1 aliphatic carbocycles. The molecule has 0 amide bonds. The highest BCUT2D eigenvalue weighted by Crippen LogP contribution is 2.48. The molecule has 2 nitrogen and oxygen atoms in total. The fourth-order valence-electron chi connectivity index (χ4n) is 2.96. The number of rotatable bonds is 4. The maximum Gasteiger partial charge on any atom is 0.0724 e. The van der Waals surface area contributed by atoms with Gasteiger partial charge in [0.15, 0.2) is 0 Å². The molecule has 1 fully saturated rings. The Kier molecular flexibility index (Phi) is 4.19. The minimum absolute atomic E-state index is 0.0540. The van der Waals surface area contributed by atoms with Gasteiger partial charge in [-0.15, -0.1) is 0 Å². The van der Waals surface area contributed by atoms with Gasteiger partial charge in [-0.25, -0.2) is 0 Å². The molecule has 0 bridgehead atoms. The average Bonchev–Trinajstić information content (AvgIpc) is 2.18. The highest BCUT2D eigenvalue weighted by molar-refractivity contribution is 4.99. The minimum Gasteiger partial charge on any atom is -0.389 e. The van der Waals surface area contributed by atoms with E-state index < -0.39 is 5.60 Å². The Bertz CT molecular complexity index is 201. The predicted octanol–water partition coefficient (Wildman–Crippen LogP) is 2.99. The van der Waals surface area contributed by atoms with Crippen LogP contribution in [-0.2, 0) is 4.74 Å². The summed E-state index contributed by atoms with van der Waals surface area (Å²) in [7, 11) is 1.72. The zero-order valence-electron chi connectivity index (χ0n) is 10.7. The lowest BCUT2D eigenvalue weighted by Gasteiger charge is -2.50. The third kappa shape index (κ3) is 2.54. The van der Waals surface area contributed by atoms with E-state index >= 15 is 0 Å². The molecular formula is C13H26O2. The van der Waals surface area contributed by atoms with Gasteiger partial charge < -0.3 is 9.84 Å². The average molecular weight is 214 g/mol. The van der Waals surface area contributed by atoms with Crippen molar-refractivity contribution in [3.05, 3.63) is 0 Å². The van der Waals surface area contributed by atoms with Gasteiger partial charge in [-0.05, 0) is 30.6 Å². The van der Waals surface area contributed by atoms with Gasteiger partial charge in [0, 0.05) is 13.7 Å². The second-order valence-electron chi connectivity index (χ2n) is 5.70. The first-order valence-electron chi connectivity index (χ1n) is 6.15. The van der Waals surface area contributed by atoms with Gasteiger partial charge in [-0.2, -0.15) is 0 Å². The summed E-state index contributed by atoms with van der Waals surface area (Å²) in [6.07, 6.45) is 5.46. The molecule has 0 aromatic heterocycles. The van der Waals surface area contributed by atoms with E-state index in [2.05, 4.69) is 20.8 Å². The third-order valence-corrected chi connectivity index (χ3v) is 4.35. The normalized spacial score (nSPS) is 32.6. The smallest absolute Gasteiger partial charge is 0.0724 e. The van der Waals surface area contributed by atoms with Crippen molar-refractivity contribution in [3.8, 4) is 0 Å². The SMILES string of the molecule is COCCC(C)C1(O)CCCCC1(C)C. The highest BCUT2D eigenvalue weighted by Gasteiger charge is 2.48. The van der Waals surface area contributed by atoms with Crippen molar-refractivity contribution in [2.24, 2.45) is 11.3 Å². The van der Waals surface area contributed by atoms with Crippen LogP contribution < -0.4 is 0 Å². The summed E-state index contributed by atoms with van der Waals surface area (Å²) in [4.78, 5) is 0. The minimum atomic E-state index is -0.496. The van der Waals surface area contributed by atoms with Crippen LogP contribution in [0.1, 0.15) is 52.9 Å². The lowest BCUT2D eigenvalue weighted by atomic mass is 9.60. The van der Waals surface area contributed by atoms with Gasteiger partial charge >= 0.3 is 0 Å². The van der Waals surface area contributed by atoms with Crippen molar-refractivity contribution >= 4 is 0 Å². The molecule has 1 rings (SSSR count). The fourth-order valence-corrected chi connectivity index (χ4v) is 2.96. The number of aliphatic hydroxyl groups is 1. The topological polar surface area (TPSA) is 29.5 Å². The van der Waals surface area contributed by atoms with Crippen molar-refractivity contribution in [2.75, 3.05) is 13.7 Å². The van der Waals surface area contributed by atoms with Crippen LogP contribution in [0.2, 0.25) is 0 Å². The Hall–Kier alpha value is -0.0800. The van der Waals surface area contributed by atoms with Crippen LogP contribution in [0, 0.1) is 11.3 Å². The summed E-state index contributed by atoms with van der Waals surface area (Å²) >= 11 is 0. The van der Waals surface area contributed by atoms with Crippen LogP contribution in [0.25, 0.3) is 0 Å². The van der Waals surface area contributed by atoms with Crippen molar-refractivity contribution < 1.29 is 9.84 Å². The molecule has 0 aromatic carbocycles. The second-order valence-corrected chi connectivity index (χ2v) is 5.70. The van der Waals surface area contributed by atoms with Crippen molar-refractivity contribution in [1.29, 1.82) is 0 Å². The maximum atomic E-state index is 10.8. The molecule has 15 heavy (non-hydrogen) atoms. The van der Waals surface area contributed by atoms with Crippen LogP contribution in [0.15, 0.2) is 0 Å². The molecule has 2 atom stereocenters. The van der Waals surface area contributed by atoms with Gasteiger partial charge in [-0.1, -0.05) is 33.6 Å². The van der Waals surface area contributed by atoms with E-state index in [-0.39, 0.29) is 5.41 Å². The van der Waals surface area contributed by atoms with E-state index in [1.54, 1.807) is 7.11 Å². The van der Waals surface area contributed by atoms with E-state index in [4.69, 9.17) is 4.74 Å². The van der Waals surface area contributed by atoms with Crippen LogP contribution in [0.4, 0.5) is 0 Å². The van der Waals surface area contributed by atoms with Gasteiger partial charge in [-0.3, -0.25) is 0 Å². The summed E-state index contributed by atoms with van der Waals surface area (Å²) in [5.41, 5.74) is -0.442. The molecule has 1 aliphatic rings. The molecule has 0 spiro atoms. The number of methoxy groups -OCH3 is 1. The lowest BCUT2D eigenvalue weighted by molar-refractivity contribution is -0.137. The van der Waals surface area contributed by atoms with E-state index in [9.17, 15) is 5.11 Å². The number of hydrogen-bond acceptors (Lipinski definition) is 2. The monoisotopic (exact) mass is 214 g/mol. The fraction of sp³-hybridized carbons (Fsp3) is 1.00. The van der Waals surface area contributed by atoms with Gasteiger partial charge in [0.2, 0.25) is 0 Å². The summed E-state index contributed by atoms with van der Waals surface area (Å²) in [6.45, 7) is 7.32. The van der Waals surface area contributed by atoms with Gasteiger partial charge in [0.25, 0.3) is 0 Å². The molecule has 0 aliphatic heterocycles. The first-order chi connectivity index (χ1) is 6.94. The highest BCUT2D eigenvalue weighted by atomic mass is 16.5. The van der Waals surface area contributed by atoms with Crippen LogP contribution >= 0.6 is 0 Å². The maximum absolute atomic E-state index is 10.8. The Labute approximate surface area is 94.0 Å². The van der Waals surface area contributed by atoms with E-state index in [0.29, 0.717) is 5.92 Å². The Morgan fingerprint density at radius 2 is 1.87 bits per heavy atom. The molecular weight excluding hydrogens is 188 g/mol. The summed E-state index contributed by atoms with van der Waals surface area (Å²) < 4.78 is 5.11. The van der Waals surface area contributed by atoms with Crippen LogP contribution in [-0.4, -0.2) is 24.4 Å². The molecule has 0 heterocycles. The first-order valence-corrected chi connectivity index (χ1v) is 6.15. The molecule has 0 saturated heterocycles. The molecule has 0 aromatic rings. The second kappa shape index (κ2) is 4.84. The van der Waals surface area contributed by atoms with Crippen LogP contribution in [0.5, 0.6) is 0 Å². The Morgan fingerprint density at radius 3 is 2.40 bits per heavy atom. The molecule has 90 valence electrons. The van der Waals surface area contributed by atoms with Gasteiger partial charge in [0.05, 0.1) is 5.60 Å². The van der Waals surface area contributed by atoms with E-state index in [0.717, 1.165) is 32.3 Å². The summed E-state index contributed by atoms with van der Waals surface area (Å²) in [6, 6.07) is 0. The molecule has 1 N–H and O–H groups in total. The number of ether oxygens (including phenoxy) is 1. The number of hydrogen-bond donors (Lipinski definition) is 1. The lowest BCUT2D eigenvalue weighted by Crippen LogP contribution is -2.52. The van der Waals surface area contributed by atoms with Crippen LogP contribution in [0.3, 0.4) is 0 Å². The largest absolute Gasteiger partial charge is 0.389 e. The van der Waals surface area contributed by atoms with Gasteiger partial charge in [0.1, 0.15) is 0 Å². The summed E-state index contributed by atoms with van der Waals surface area (Å²) in [5, 5.41) is 10.8. The van der Waals surface area contributed by atoms with E-state index in [1.165, 1.54) is 6.42 Å². The first kappa shape index (κ1) is 13.0. The van der Waals surface area contributed by atoms with E-state index in [1.807, 2.05) is 0 Å². The standard InChI is InChI=1S/C13H26O2/c1-11(7-10-15-4)13(14)9-6-5-8-12(13,2)3/h11,14H,5-10H2,1-4H3. The molecule has 2 unspecified atom stereocenters. The van der Waals surface area contributed by atoms with Crippen molar-refractivity contribution in [2.45, 2.75) is 58.5 Å². The van der Waals surface area contributed by atoms with Crippen molar-refractivity contribution in [1.82, 2.24) is 0 Å². The zero-order chi connectivity index (χ0) is 11.5. The summed E-state index contributed by atoms with van der Waals surface area (Å²) in [5.74, 6) is 0.327. The van der Waals surface area contributed by atoms with Crippen molar-refractivity contribution in [3.63, 3.8) is 0 Å². The predicted molar refractivity (Wildman–Crippen MR) is 62.9 cm³/mol. The molecule has 0 radical (unpaired) electrons. The zero-order valence-corrected chi connectivity index (χ0v) is 10.7. The third-order valence-electron chi connectivity index (χ3n) is 4.35.